The average molecular weight is 1240 g/mol. The number of benzene rings is 2. The van der Waals surface area contributed by atoms with Crippen molar-refractivity contribution in [1.82, 2.24) is 53.2 Å². The molecule has 0 aliphatic carbocycles. The summed E-state index contributed by atoms with van der Waals surface area (Å²) in [4.78, 5) is 158. The minimum Gasteiger partial charge on any atom is -0.453 e. The lowest BCUT2D eigenvalue weighted by Crippen LogP contribution is -2.63. The third kappa shape index (κ3) is 23.7. The minimum atomic E-state index is -2.56. The Labute approximate surface area is 508 Å². The number of rotatable bonds is 19. The number of carbonyl (C=O) groups excluding carboxylic acids is 11. The summed E-state index contributed by atoms with van der Waals surface area (Å²) in [6.45, 7) is 7.55. The number of primary amides is 1. The maximum atomic E-state index is 15.1. The highest BCUT2D eigenvalue weighted by molar-refractivity contribution is 7.80. The lowest BCUT2D eigenvalue weighted by Gasteiger charge is -2.33. The number of para-hydroxylation sites is 1. The number of carbonyl (C=O) groups is 11. The number of guanidine groups is 1. The van der Waals surface area contributed by atoms with Gasteiger partial charge in [-0.05, 0) is 73.9 Å². The largest absolute Gasteiger partial charge is 0.453 e. The van der Waals surface area contributed by atoms with Crippen LogP contribution in [0.15, 0.2) is 65.7 Å². The van der Waals surface area contributed by atoms with Gasteiger partial charge in [0.1, 0.15) is 42.3 Å². The number of hydrogen-bond acceptors (Lipinski definition) is 18. The van der Waals surface area contributed by atoms with Crippen LogP contribution in [0.2, 0.25) is 0 Å². The Morgan fingerprint density at radius 2 is 1.24 bits per heavy atom. The molecule has 0 bridgehead atoms. The fraction of sp³-hybridized carbons (Fsp3) is 0.545. The van der Waals surface area contributed by atoms with Crippen LogP contribution >= 0.6 is 12.2 Å². The molecule has 0 radical (unpaired) electrons. The van der Waals surface area contributed by atoms with Crippen LogP contribution in [0.4, 0.5) is 5.69 Å². The van der Waals surface area contributed by atoms with Crippen LogP contribution in [0.3, 0.4) is 0 Å². The zero-order valence-corrected chi connectivity index (χ0v) is 50.2. The van der Waals surface area contributed by atoms with Gasteiger partial charge in [-0.25, -0.2) is 4.79 Å². The van der Waals surface area contributed by atoms with E-state index in [1.807, 2.05) is 10.6 Å². The fourth-order valence-electron chi connectivity index (χ4n) is 8.49. The minimum absolute atomic E-state index is 0.0307. The Balaban J connectivity index is 2.31. The van der Waals surface area contributed by atoms with E-state index in [-0.39, 0.29) is 54.8 Å². The second-order valence-corrected chi connectivity index (χ2v) is 21.8. The zero-order valence-electron chi connectivity index (χ0n) is 49.4. The number of aliphatic imine (C=N–C) groups is 1. The predicted octanol–water partition coefficient (Wildman–Crippen LogP) is -5.35. The van der Waals surface area contributed by atoms with Gasteiger partial charge in [0, 0.05) is 12.2 Å². The Morgan fingerprint density at radius 3 is 1.78 bits per heavy atom. The highest BCUT2D eigenvalue weighted by Gasteiger charge is 2.43. The molecular formula is C55H83N15O16S. The molecule has 2 aromatic rings. The number of hydrogen-bond donors (Lipinski definition) is 18. The number of nitrogens with two attached hydrogens (primary N) is 3. The van der Waals surface area contributed by atoms with E-state index in [1.165, 1.54) is 38.1 Å². The second kappa shape index (κ2) is 35.8. The Hall–Kier alpha value is -8.59. The third-order valence-electron chi connectivity index (χ3n) is 13.5. The topological polar surface area (TPSA) is 501 Å². The maximum absolute atomic E-state index is 15.1. The van der Waals surface area contributed by atoms with Gasteiger partial charge in [-0.2, -0.15) is 0 Å². The number of esters is 1. The highest BCUT2D eigenvalue weighted by atomic mass is 32.1. The van der Waals surface area contributed by atoms with Gasteiger partial charge in [0.05, 0.1) is 31.9 Å². The molecule has 0 saturated carbocycles. The number of nitrogens with zero attached hydrogens (tertiary/aromatic N) is 1. The van der Waals surface area contributed by atoms with Crippen molar-refractivity contribution in [2.24, 2.45) is 39.9 Å². The number of aliphatic hydroxyl groups excluding tert-OH is 4. The van der Waals surface area contributed by atoms with Crippen molar-refractivity contribution in [2.45, 2.75) is 147 Å². The van der Waals surface area contributed by atoms with Gasteiger partial charge in [0.15, 0.2) is 29.3 Å². The van der Waals surface area contributed by atoms with E-state index in [2.05, 4.69) is 52.8 Å². The van der Waals surface area contributed by atoms with E-state index in [4.69, 9.17) is 34.2 Å². The smallest absolute Gasteiger partial charge is 0.331 e. The molecule has 10 amide bonds. The summed E-state index contributed by atoms with van der Waals surface area (Å²) in [7, 11) is 0. The Bertz CT molecular complexity index is 2740. The van der Waals surface area contributed by atoms with E-state index < -0.39 is 169 Å². The molecule has 13 atom stereocenters. The van der Waals surface area contributed by atoms with Crippen molar-refractivity contribution in [3.05, 3.63) is 66.2 Å². The summed E-state index contributed by atoms with van der Waals surface area (Å²) >= 11 is 5.56. The summed E-state index contributed by atoms with van der Waals surface area (Å²) in [5.74, 6) is -15.6. The van der Waals surface area contributed by atoms with Gasteiger partial charge >= 0.3 is 5.97 Å². The fourth-order valence-corrected chi connectivity index (χ4v) is 8.75. The quantitative estimate of drug-likeness (QED) is 0.0205. The molecule has 0 spiro atoms. The third-order valence-corrected chi connectivity index (χ3v) is 13.7. The molecule has 87 heavy (non-hydrogen) atoms. The number of anilines is 1. The molecule has 480 valence electrons. The molecule has 32 heteroatoms. The van der Waals surface area contributed by atoms with Crippen molar-refractivity contribution >= 4 is 94.0 Å². The molecular weight excluding hydrogens is 1160 g/mol. The van der Waals surface area contributed by atoms with Crippen molar-refractivity contribution in [2.75, 3.05) is 31.6 Å². The summed E-state index contributed by atoms with van der Waals surface area (Å²) in [6.07, 6.45) is -7.81. The van der Waals surface area contributed by atoms with Crippen LogP contribution < -0.4 is 75.7 Å². The predicted molar refractivity (Wildman–Crippen MR) is 318 cm³/mol. The van der Waals surface area contributed by atoms with Crippen LogP contribution in [0.25, 0.3) is 0 Å². The van der Waals surface area contributed by atoms with Crippen LogP contribution in [0, 0.1) is 17.8 Å². The van der Waals surface area contributed by atoms with Gasteiger partial charge in [-0.3, -0.25) is 52.9 Å². The average Bonchev–Trinajstić information content (AvgIpc) is 2.38. The summed E-state index contributed by atoms with van der Waals surface area (Å²) in [5.41, 5.74) is 16.8. The zero-order chi connectivity index (χ0) is 65.2. The van der Waals surface area contributed by atoms with Gasteiger partial charge in [-0.1, -0.05) is 96.5 Å². The first-order chi connectivity index (χ1) is 41.0. The Morgan fingerprint density at radius 1 is 0.690 bits per heavy atom. The number of aliphatic hydroxyl groups is 4. The standard InChI is InChI=1S/C55H83N15O16S/c1-8-28(6)37-50(82)68-38(29(7)72)48(80)60-24-36(74)66-40(43(76)45(56)77)51(83)64-34(25-71)53(85)86-44(30-16-11-9-12-17-30)41(70-47(79)33(22-26(2)3)65-55(87)62-31-18-13-10-14-19-31)52(84)69-39(42(75)27(4)5)49(81)61-23-35(73)63-32(46(78)67-37)20-15-21-59-54(57)58/h9-14,16-19,26-29,32-34,37-44,71-72,75-76H,8,15,20-25H2,1-7H3,(H2,56,77)(H,60,80)(H,61,81)(H,63,73)(H,64,83)(H,66,74)(H,67,78)(H,68,82)(H,69,84)(H,70,79)(H4,57,58,59)(H2,62,65,87)/t28-,29-,32+,33-,34-,37-,38-,39?,40-,41-,42+,43-,44?/m0/s1. The molecule has 1 fully saturated rings. The lowest BCUT2D eigenvalue weighted by atomic mass is 9.96. The molecule has 2 aromatic carbocycles. The van der Waals surface area contributed by atoms with E-state index in [0.29, 0.717) is 5.69 Å². The van der Waals surface area contributed by atoms with Crippen LogP contribution in [-0.4, -0.2) is 189 Å². The maximum Gasteiger partial charge on any atom is 0.331 e. The molecule has 1 aliphatic rings. The van der Waals surface area contributed by atoms with Crippen molar-refractivity contribution in [1.29, 1.82) is 0 Å². The molecule has 0 aromatic heterocycles. The van der Waals surface area contributed by atoms with Crippen molar-refractivity contribution in [3.8, 4) is 0 Å². The molecule has 1 aliphatic heterocycles. The van der Waals surface area contributed by atoms with Gasteiger partial charge in [-0.15, -0.1) is 0 Å². The van der Waals surface area contributed by atoms with Crippen LogP contribution in [-0.2, 0) is 57.5 Å². The summed E-state index contributed by atoms with van der Waals surface area (Å²) < 4.78 is 5.91. The van der Waals surface area contributed by atoms with Crippen molar-refractivity contribution < 1.29 is 77.9 Å². The van der Waals surface area contributed by atoms with Crippen LogP contribution in [0.5, 0.6) is 0 Å². The molecule has 3 rings (SSSR count). The van der Waals surface area contributed by atoms with Crippen LogP contribution in [0.1, 0.15) is 85.8 Å². The van der Waals surface area contributed by atoms with E-state index in [0.717, 1.165) is 6.92 Å². The first-order valence-corrected chi connectivity index (χ1v) is 28.4. The molecule has 21 N–H and O–H groups in total. The summed E-state index contributed by atoms with van der Waals surface area (Å²) in [5, 5.41) is 70.5. The first kappa shape index (κ1) is 72.7. The van der Waals surface area contributed by atoms with Gasteiger partial charge < -0.3 is 101 Å². The second-order valence-electron chi connectivity index (χ2n) is 21.4. The lowest BCUT2D eigenvalue weighted by molar-refractivity contribution is -0.159. The monoisotopic (exact) mass is 1240 g/mol. The Kier molecular flexibility index (Phi) is 29.9. The normalized spacial score (nSPS) is 23.7. The molecule has 2 unspecified atom stereocenters. The van der Waals surface area contributed by atoms with Gasteiger partial charge in [0.2, 0.25) is 59.1 Å². The highest BCUT2D eigenvalue weighted by Crippen LogP contribution is 2.25. The SMILES string of the molecule is CC[C@H](C)[C@@H]1NC(=O)[C@@H](CCCN=C(N)N)NC(=O)CNC(=O)C([C@H](O)C(C)C)NC(=O)[C@@H](NC(=O)[C@H](CC(C)C)NC(=S)Nc2ccccc2)C(c2ccccc2)OC(=O)[C@H](CO)NC(=O)[C@H]([C@H](O)C(N)=O)NC(=O)CNC(=O)[C@H]([C@H](C)O)NC1=O. The van der Waals surface area contributed by atoms with E-state index >= 15 is 4.79 Å². The van der Waals surface area contributed by atoms with E-state index in [9.17, 15) is 68.4 Å². The number of thiocarbonyl (C=S) groups is 1. The molecule has 31 nitrogen and oxygen atoms in total. The number of ether oxygens (including phenoxy) is 1. The number of nitrogens with one attached hydrogen (secondary N) is 11. The number of amides is 10. The van der Waals surface area contributed by atoms with E-state index in [1.54, 1.807) is 64.1 Å². The molecule has 1 heterocycles. The summed E-state index contributed by atoms with van der Waals surface area (Å²) in [6, 6.07) is 1.09. The number of cyclic esters (lactones) is 1. The van der Waals surface area contributed by atoms with Gasteiger partial charge in [0.25, 0.3) is 0 Å². The van der Waals surface area contributed by atoms with Crippen molar-refractivity contribution in [3.63, 3.8) is 0 Å². The first-order valence-electron chi connectivity index (χ1n) is 28.0. The molecule has 1 saturated heterocycles.